The van der Waals surface area contributed by atoms with E-state index >= 15 is 0 Å². The molecule has 0 heterocycles. The van der Waals surface area contributed by atoms with Crippen molar-refractivity contribution < 1.29 is 18.0 Å². The lowest BCUT2D eigenvalue weighted by molar-refractivity contribution is -0.140. The molecule has 10 heteroatoms. The molecule has 1 atom stereocenters. The predicted molar refractivity (Wildman–Crippen MR) is 149 cm³/mol. The van der Waals surface area contributed by atoms with E-state index in [9.17, 15) is 18.0 Å². The lowest BCUT2D eigenvalue weighted by Gasteiger charge is -2.34. The minimum atomic E-state index is -3.84. The number of carbonyl (C=O) groups is 2. The summed E-state index contributed by atoms with van der Waals surface area (Å²) < 4.78 is 26.7. The molecule has 7 nitrogen and oxygen atoms in total. The van der Waals surface area contributed by atoms with Crippen molar-refractivity contribution in [1.82, 2.24) is 10.2 Å². The number of hydrogen-bond acceptors (Lipinski definition) is 4. The van der Waals surface area contributed by atoms with E-state index in [0.29, 0.717) is 33.3 Å². The monoisotopic (exact) mass is 567 g/mol. The number of rotatable bonds is 10. The van der Waals surface area contributed by atoms with Crippen LogP contribution in [0.2, 0.25) is 10.0 Å². The molecule has 202 valence electrons. The van der Waals surface area contributed by atoms with Crippen LogP contribution in [0.3, 0.4) is 0 Å². The van der Waals surface area contributed by atoms with Crippen LogP contribution in [0.25, 0.3) is 0 Å². The average Bonchev–Trinajstić information content (AvgIpc) is 2.85. The van der Waals surface area contributed by atoms with Crippen molar-refractivity contribution in [3.05, 3.63) is 63.6 Å². The molecular weight excluding hydrogens is 533 g/mol. The molecule has 0 radical (unpaired) electrons. The molecular formula is C27H35Cl2N3O4S. The molecule has 0 aromatic heterocycles. The van der Waals surface area contributed by atoms with Crippen molar-refractivity contribution >= 4 is 50.7 Å². The Labute approximate surface area is 230 Å². The Bertz CT molecular complexity index is 1220. The molecule has 1 aliphatic rings. The summed E-state index contributed by atoms with van der Waals surface area (Å²) in [6.07, 6.45) is 6.52. The lowest BCUT2D eigenvalue weighted by atomic mass is 9.95. The number of anilines is 1. The Kier molecular flexibility index (Phi) is 10.3. The van der Waals surface area contributed by atoms with Gasteiger partial charge in [0.15, 0.2) is 0 Å². The summed E-state index contributed by atoms with van der Waals surface area (Å²) >= 11 is 12.7. The highest BCUT2D eigenvalue weighted by molar-refractivity contribution is 7.92. The van der Waals surface area contributed by atoms with Crippen LogP contribution in [0.1, 0.15) is 56.6 Å². The topological polar surface area (TPSA) is 86.8 Å². The molecule has 1 aliphatic carbocycles. The van der Waals surface area contributed by atoms with E-state index in [0.717, 1.165) is 42.7 Å². The van der Waals surface area contributed by atoms with Gasteiger partial charge in [0.05, 0.1) is 11.9 Å². The van der Waals surface area contributed by atoms with Crippen molar-refractivity contribution in [2.24, 2.45) is 0 Å². The first-order valence-electron chi connectivity index (χ1n) is 12.6. The summed E-state index contributed by atoms with van der Waals surface area (Å²) in [6, 6.07) is 11.3. The summed E-state index contributed by atoms with van der Waals surface area (Å²) in [6.45, 7) is 3.14. The fourth-order valence-electron chi connectivity index (χ4n) is 4.73. The van der Waals surface area contributed by atoms with Crippen molar-refractivity contribution in [3.63, 3.8) is 0 Å². The van der Waals surface area contributed by atoms with Gasteiger partial charge in [-0.1, -0.05) is 73.7 Å². The van der Waals surface area contributed by atoms with Gasteiger partial charge in [0.1, 0.15) is 12.6 Å². The Morgan fingerprint density at radius 1 is 1.03 bits per heavy atom. The fourth-order valence-corrected chi connectivity index (χ4v) is 6.00. The predicted octanol–water partition coefficient (Wildman–Crippen LogP) is 5.32. The third kappa shape index (κ3) is 7.62. The zero-order chi connectivity index (χ0) is 27.2. The maximum Gasteiger partial charge on any atom is 0.244 e. The van der Waals surface area contributed by atoms with Crippen LogP contribution in [0.5, 0.6) is 0 Å². The van der Waals surface area contributed by atoms with E-state index in [1.807, 2.05) is 13.0 Å². The number of amides is 2. The number of nitrogens with one attached hydrogen (secondary N) is 1. The second-order valence-corrected chi connectivity index (χ2v) is 12.3. The molecule has 0 spiro atoms. The van der Waals surface area contributed by atoms with E-state index in [2.05, 4.69) is 5.32 Å². The Morgan fingerprint density at radius 2 is 1.68 bits per heavy atom. The van der Waals surface area contributed by atoms with Gasteiger partial charge in [-0.15, -0.1) is 0 Å². The van der Waals surface area contributed by atoms with Crippen LogP contribution in [-0.2, 0) is 26.2 Å². The van der Waals surface area contributed by atoms with Crippen LogP contribution in [0.15, 0.2) is 42.5 Å². The Balaban J connectivity index is 1.95. The average molecular weight is 569 g/mol. The van der Waals surface area contributed by atoms with Gasteiger partial charge >= 0.3 is 0 Å². The summed E-state index contributed by atoms with van der Waals surface area (Å²) in [5.74, 6) is -0.741. The van der Waals surface area contributed by atoms with Crippen LogP contribution in [0.4, 0.5) is 5.69 Å². The maximum absolute atomic E-state index is 13.8. The number of nitrogens with zero attached hydrogens (tertiary/aromatic N) is 2. The van der Waals surface area contributed by atoms with Gasteiger partial charge in [-0.2, -0.15) is 0 Å². The number of carbonyl (C=O) groups excluding carboxylic acids is 2. The molecule has 1 saturated carbocycles. The van der Waals surface area contributed by atoms with E-state index in [-0.39, 0.29) is 18.5 Å². The van der Waals surface area contributed by atoms with Gasteiger partial charge in [-0.05, 0) is 55.5 Å². The first kappa shape index (κ1) is 29.3. The van der Waals surface area contributed by atoms with E-state index in [1.165, 1.54) is 4.90 Å². The second-order valence-electron chi connectivity index (χ2n) is 9.53. The van der Waals surface area contributed by atoms with Crippen LogP contribution >= 0.6 is 23.2 Å². The SMILES string of the molecule is CC[C@@H](C(=O)NC1CCCCC1)N(Cc1ccccc1Cl)C(=O)CN(c1cccc(Cl)c1C)S(C)(=O)=O. The van der Waals surface area contributed by atoms with Gasteiger partial charge < -0.3 is 10.2 Å². The van der Waals surface area contributed by atoms with Gasteiger partial charge in [0.25, 0.3) is 0 Å². The number of hydrogen-bond donors (Lipinski definition) is 1. The molecule has 2 aromatic carbocycles. The zero-order valence-corrected chi connectivity index (χ0v) is 23.9. The van der Waals surface area contributed by atoms with Crippen molar-refractivity contribution in [3.8, 4) is 0 Å². The van der Waals surface area contributed by atoms with E-state index < -0.39 is 28.5 Å². The summed E-state index contributed by atoms with van der Waals surface area (Å²) in [4.78, 5) is 28.7. The van der Waals surface area contributed by atoms with Crippen molar-refractivity contribution in [1.29, 1.82) is 0 Å². The van der Waals surface area contributed by atoms with E-state index in [1.54, 1.807) is 43.3 Å². The maximum atomic E-state index is 13.8. The van der Waals surface area contributed by atoms with Crippen LogP contribution < -0.4 is 9.62 Å². The molecule has 0 aliphatic heterocycles. The molecule has 2 aromatic rings. The van der Waals surface area contributed by atoms with Gasteiger partial charge in [0, 0.05) is 22.6 Å². The number of benzene rings is 2. The van der Waals surface area contributed by atoms with Crippen molar-refractivity contribution in [2.75, 3.05) is 17.1 Å². The Hall–Kier alpha value is -2.29. The molecule has 0 bridgehead atoms. The summed E-state index contributed by atoms with van der Waals surface area (Å²) in [7, 11) is -3.84. The third-order valence-electron chi connectivity index (χ3n) is 6.82. The quantitative estimate of drug-likeness (QED) is 0.420. The molecule has 0 unspecified atom stereocenters. The number of sulfonamides is 1. The summed E-state index contributed by atoms with van der Waals surface area (Å²) in [5.41, 5.74) is 1.54. The molecule has 3 rings (SSSR count). The molecule has 0 saturated heterocycles. The standard InChI is InChI=1S/C27H35Cl2N3O4S/c1-4-24(27(34)30-21-12-6-5-7-13-21)31(17-20-11-8-9-14-23(20)29)26(33)18-32(37(3,35)36)25-16-10-15-22(28)19(25)2/h8-11,14-16,21,24H,4-7,12-13,17-18H2,1-3H3,(H,30,34)/t24-/m0/s1. The molecule has 1 fully saturated rings. The Morgan fingerprint density at radius 3 is 2.30 bits per heavy atom. The van der Waals surface area contributed by atoms with Gasteiger partial charge in [-0.3, -0.25) is 13.9 Å². The highest BCUT2D eigenvalue weighted by Crippen LogP contribution is 2.29. The van der Waals surface area contributed by atoms with Crippen molar-refractivity contribution in [2.45, 2.75) is 71.0 Å². The van der Waals surface area contributed by atoms with Gasteiger partial charge in [-0.25, -0.2) is 8.42 Å². The molecule has 37 heavy (non-hydrogen) atoms. The minimum absolute atomic E-state index is 0.0707. The normalized spacial score (nSPS) is 15.2. The van der Waals surface area contributed by atoms with Crippen LogP contribution in [0, 0.1) is 6.92 Å². The molecule has 1 N–H and O–H groups in total. The first-order valence-corrected chi connectivity index (χ1v) is 15.2. The largest absolute Gasteiger partial charge is 0.352 e. The van der Waals surface area contributed by atoms with Crippen LogP contribution in [-0.4, -0.2) is 50.0 Å². The highest BCUT2D eigenvalue weighted by atomic mass is 35.5. The highest BCUT2D eigenvalue weighted by Gasteiger charge is 2.33. The van der Waals surface area contributed by atoms with E-state index in [4.69, 9.17) is 23.2 Å². The second kappa shape index (κ2) is 13.0. The smallest absolute Gasteiger partial charge is 0.244 e. The fraction of sp³-hybridized carbons (Fsp3) is 0.481. The lowest BCUT2D eigenvalue weighted by Crippen LogP contribution is -2.54. The zero-order valence-electron chi connectivity index (χ0n) is 21.5. The number of halogens is 2. The first-order chi connectivity index (χ1) is 17.5. The van der Waals surface area contributed by atoms with Gasteiger partial charge in [0.2, 0.25) is 21.8 Å². The molecule has 2 amide bonds. The minimum Gasteiger partial charge on any atom is -0.352 e. The summed E-state index contributed by atoms with van der Waals surface area (Å²) in [5, 5.41) is 3.98. The third-order valence-corrected chi connectivity index (χ3v) is 8.73.